The second-order valence-electron chi connectivity index (χ2n) is 5.79. The highest BCUT2D eigenvalue weighted by atomic mass is 35.5. The lowest BCUT2D eigenvalue weighted by molar-refractivity contribution is -0.158. The van der Waals surface area contributed by atoms with Gasteiger partial charge in [0.05, 0.1) is 0 Å². The van der Waals surface area contributed by atoms with Crippen molar-refractivity contribution in [1.82, 2.24) is 0 Å². The molecule has 3 nitrogen and oxygen atoms in total. The van der Waals surface area contributed by atoms with Crippen LogP contribution in [0.15, 0.2) is 24.3 Å². The number of ether oxygens (including phenoxy) is 1. The maximum atomic E-state index is 13.2. The lowest BCUT2D eigenvalue weighted by atomic mass is 9.78. The minimum absolute atomic E-state index is 0.185. The summed E-state index contributed by atoms with van der Waals surface area (Å²) in [7, 11) is 0. The standard InChI is InChI=1S/C17H25ClFNO2/c1-3-7-15(19)22-16(21)10-6-11-17(2,12-20)13-8-4-5-9-14(13)18/h4-5,8-9,15H,3,6-7,10-12,20H2,1-2H3. The molecule has 0 spiro atoms. The summed E-state index contributed by atoms with van der Waals surface area (Å²) in [6, 6.07) is 7.57. The summed E-state index contributed by atoms with van der Waals surface area (Å²) in [5.74, 6) is -0.500. The minimum Gasteiger partial charge on any atom is -0.431 e. The smallest absolute Gasteiger partial charge is 0.308 e. The molecule has 0 saturated carbocycles. The summed E-state index contributed by atoms with van der Waals surface area (Å²) in [6.45, 7) is 4.29. The number of carbonyl (C=O) groups is 1. The molecule has 5 heteroatoms. The minimum atomic E-state index is -1.50. The third-order valence-electron chi connectivity index (χ3n) is 3.86. The van der Waals surface area contributed by atoms with Crippen LogP contribution < -0.4 is 5.73 Å². The highest BCUT2D eigenvalue weighted by Gasteiger charge is 2.27. The Balaban J connectivity index is 2.54. The van der Waals surface area contributed by atoms with Crippen molar-refractivity contribution in [2.24, 2.45) is 5.73 Å². The number of hydrogen-bond acceptors (Lipinski definition) is 3. The summed E-state index contributed by atoms with van der Waals surface area (Å²) < 4.78 is 17.9. The molecule has 1 aromatic carbocycles. The van der Waals surface area contributed by atoms with Crippen molar-refractivity contribution in [3.63, 3.8) is 0 Å². The molecule has 1 rings (SSSR count). The van der Waals surface area contributed by atoms with Crippen LogP contribution in [0.2, 0.25) is 5.02 Å². The predicted octanol–water partition coefficient (Wildman–Crippen LogP) is 4.37. The fourth-order valence-electron chi connectivity index (χ4n) is 2.41. The first kappa shape index (κ1) is 18.9. The van der Waals surface area contributed by atoms with E-state index in [1.54, 1.807) is 0 Å². The predicted molar refractivity (Wildman–Crippen MR) is 87.6 cm³/mol. The zero-order valence-corrected chi connectivity index (χ0v) is 14.0. The van der Waals surface area contributed by atoms with Gasteiger partial charge in [-0.3, -0.25) is 4.79 Å². The molecule has 0 aliphatic heterocycles. The number of rotatable bonds is 9. The largest absolute Gasteiger partial charge is 0.431 e. The number of hydrogen-bond donors (Lipinski definition) is 1. The van der Waals surface area contributed by atoms with E-state index in [1.165, 1.54) is 0 Å². The van der Waals surface area contributed by atoms with Gasteiger partial charge in [-0.2, -0.15) is 0 Å². The molecule has 1 aromatic rings. The van der Waals surface area contributed by atoms with Crippen molar-refractivity contribution < 1.29 is 13.9 Å². The van der Waals surface area contributed by atoms with Crippen molar-refractivity contribution in [1.29, 1.82) is 0 Å². The highest BCUT2D eigenvalue weighted by Crippen LogP contribution is 2.33. The Morgan fingerprint density at radius 2 is 2.14 bits per heavy atom. The van der Waals surface area contributed by atoms with Crippen LogP contribution in [0.5, 0.6) is 0 Å². The van der Waals surface area contributed by atoms with E-state index in [0.717, 1.165) is 5.56 Å². The summed E-state index contributed by atoms with van der Waals surface area (Å²) in [6.07, 6.45) is 0.841. The van der Waals surface area contributed by atoms with E-state index in [9.17, 15) is 9.18 Å². The van der Waals surface area contributed by atoms with Gasteiger partial charge < -0.3 is 10.5 Å². The molecule has 0 heterocycles. The average molecular weight is 330 g/mol. The van der Waals surface area contributed by atoms with Crippen molar-refractivity contribution in [2.45, 2.75) is 57.7 Å². The molecule has 0 bridgehead atoms. The Bertz CT molecular complexity index is 483. The molecular weight excluding hydrogens is 305 g/mol. The molecule has 0 amide bonds. The Kier molecular flexibility index (Phi) is 7.83. The Morgan fingerprint density at radius 1 is 1.45 bits per heavy atom. The van der Waals surface area contributed by atoms with Gasteiger partial charge in [0.15, 0.2) is 0 Å². The summed E-state index contributed by atoms with van der Waals surface area (Å²) in [4.78, 5) is 11.6. The lowest BCUT2D eigenvalue weighted by Crippen LogP contribution is -2.32. The van der Waals surface area contributed by atoms with Crippen LogP contribution in [0.25, 0.3) is 0 Å². The number of esters is 1. The number of carbonyl (C=O) groups excluding carboxylic acids is 1. The maximum Gasteiger partial charge on any atom is 0.308 e. The van der Waals surface area contributed by atoms with Gasteiger partial charge in [0.2, 0.25) is 6.36 Å². The maximum absolute atomic E-state index is 13.2. The summed E-state index contributed by atoms with van der Waals surface area (Å²) in [5.41, 5.74) is 6.58. The fourth-order valence-corrected chi connectivity index (χ4v) is 2.77. The number of alkyl halides is 1. The van der Waals surface area contributed by atoms with Gasteiger partial charge in [-0.05, 0) is 30.9 Å². The van der Waals surface area contributed by atoms with Gasteiger partial charge in [0.1, 0.15) is 0 Å². The van der Waals surface area contributed by atoms with E-state index in [1.807, 2.05) is 38.1 Å². The quantitative estimate of drug-likeness (QED) is 0.684. The third kappa shape index (κ3) is 5.58. The van der Waals surface area contributed by atoms with Gasteiger partial charge in [0.25, 0.3) is 0 Å². The van der Waals surface area contributed by atoms with Crippen LogP contribution in [0.3, 0.4) is 0 Å². The first-order chi connectivity index (χ1) is 10.4. The molecule has 0 aliphatic rings. The van der Waals surface area contributed by atoms with Crippen molar-refractivity contribution in [3.05, 3.63) is 34.9 Å². The van der Waals surface area contributed by atoms with E-state index in [2.05, 4.69) is 0 Å². The van der Waals surface area contributed by atoms with Gasteiger partial charge in [-0.1, -0.05) is 43.6 Å². The molecule has 2 N–H and O–H groups in total. The van der Waals surface area contributed by atoms with Crippen LogP contribution in [0.4, 0.5) is 4.39 Å². The van der Waals surface area contributed by atoms with Crippen LogP contribution in [0, 0.1) is 0 Å². The fraction of sp³-hybridized carbons (Fsp3) is 0.588. The van der Waals surface area contributed by atoms with Crippen LogP contribution in [0.1, 0.15) is 51.5 Å². The summed E-state index contributed by atoms with van der Waals surface area (Å²) >= 11 is 6.24. The second kappa shape index (κ2) is 9.11. The van der Waals surface area contributed by atoms with E-state index >= 15 is 0 Å². The SMILES string of the molecule is CCCC(F)OC(=O)CCCC(C)(CN)c1ccccc1Cl. The number of nitrogens with two attached hydrogens (primary N) is 1. The van der Waals surface area contributed by atoms with Gasteiger partial charge in [-0.15, -0.1) is 0 Å². The van der Waals surface area contributed by atoms with Crippen molar-refractivity contribution in [2.75, 3.05) is 6.54 Å². The van der Waals surface area contributed by atoms with Gasteiger partial charge >= 0.3 is 5.97 Å². The number of halogens is 2. The second-order valence-corrected chi connectivity index (χ2v) is 6.19. The first-order valence-corrected chi connectivity index (χ1v) is 8.09. The molecule has 0 radical (unpaired) electrons. The van der Waals surface area contributed by atoms with Gasteiger partial charge in [-0.25, -0.2) is 4.39 Å². The first-order valence-electron chi connectivity index (χ1n) is 7.71. The van der Waals surface area contributed by atoms with E-state index < -0.39 is 12.3 Å². The van der Waals surface area contributed by atoms with E-state index in [0.29, 0.717) is 30.8 Å². The Morgan fingerprint density at radius 3 is 2.73 bits per heavy atom. The Labute approximate surface area is 137 Å². The molecule has 2 atom stereocenters. The zero-order valence-electron chi connectivity index (χ0n) is 13.3. The van der Waals surface area contributed by atoms with Crippen LogP contribution >= 0.6 is 11.6 Å². The molecule has 0 fully saturated rings. The third-order valence-corrected chi connectivity index (χ3v) is 4.19. The molecule has 2 unspecified atom stereocenters. The molecule has 0 saturated heterocycles. The lowest BCUT2D eigenvalue weighted by Gasteiger charge is -2.29. The highest BCUT2D eigenvalue weighted by molar-refractivity contribution is 6.31. The van der Waals surface area contributed by atoms with Crippen LogP contribution in [-0.4, -0.2) is 18.9 Å². The monoisotopic (exact) mass is 329 g/mol. The Hall–Kier alpha value is -1.13. The van der Waals surface area contributed by atoms with Crippen molar-refractivity contribution >= 4 is 17.6 Å². The van der Waals surface area contributed by atoms with E-state index in [-0.39, 0.29) is 18.3 Å². The number of benzene rings is 1. The molecule has 124 valence electrons. The summed E-state index contributed by atoms with van der Waals surface area (Å²) in [5, 5.41) is 0.671. The average Bonchev–Trinajstić information content (AvgIpc) is 2.47. The van der Waals surface area contributed by atoms with Gasteiger partial charge in [0, 0.05) is 29.8 Å². The van der Waals surface area contributed by atoms with E-state index in [4.69, 9.17) is 22.1 Å². The molecule has 0 aliphatic carbocycles. The molecule has 22 heavy (non-hydrogen) atoms. The topological polar surface area (TPSA) is 52.3 Å². The van der Waals surface area contributed by atoms with Crippen LogP contribution in [-0.2, 0) is 14.9 Å². The molecule has 0 aromatic heterocycles. The normalized spacial score (nSPS) is 15.1. The van der Waals surface area contributed by atoms with Crippen molar-refractivity contribution in [3.8, 4) is 0 Å². The molecular formula is C17H25ClFNO2. The zero-order chi connectivity index (χ0) is 16.6.